The summed E-state index contributed by atoms with van der Waals surface area (Å²) >= 11 is 0. The summed E-state index contributed by atoms with van der Waals surface area (Å²) in [7, 11) is 0. The van der Waals surface area contributed by atoms with E-state index in [0.717, 1.165) is 0 Å². The quantitative estimate of drug-likeness (QED) is 0.791. The molecule has 0 amide bonds. The highest BCUT2D eigenvalue weighted by Gasteiger charge is 2.16. The standard InChI is InChI=1S/C15H14O4/c1-9(15(18)19)10-6-7-12(14(17)8-10)11-4-2-3-5-13(11)16/h2-9,16-17H,1H3,(H,18,19). The largest absolute Gasteiger partial charge is 0.507 e. The zero-order valence-corrected chi connectivity index (χ0v) is 10.4. The fourth-order valence-corrected chi connectivity index (χ4v) is 1.89. The Morgan fingerprint density at radius 1 is 1.00 bits per heavy atom. The summed E-state index contributed by atoms with van der Waals surface area (Å²) < 4.78 is 0. The van der Waals surface area contributed by atoms with E-state index in [4.69, 9.17) is 5.11 Å². The number of benzene rings is 2. The Kier molecular flexibility index (Phi) is 3.42. The third-order valence-corrected chi connectivity index (χ3v) is 3.09. The van der Waals surface area contributed by atoms with Crippen molar-refractivity contribution in [1.29, 1.82) is 0 Å². The maximum absolute atomic E-state index is 10.9. The topological polar surface area (TPSA) is 77.8 Å². The smallest absolute Gasteiger partial charge is 0.310 e. The minimum atomic E-state index is -0.949. The first-order chi connectivity index (χ1) is 9.00. The van der Waals surface area contributed by atoms with Crippen LogP contribution < -0.4 is 0 Å². The Morgan fingerprint density at radius 2 is 1.63 bits per heavy atom. The van der Waals surface area contributed by atoms with Crippen LogP contribution in [0, 0.1) is 0 Å². The summed E-state index contributed by atoms with van der Waals surface area (Å²) in [4.78, 5) is 10.9. The Balaban J connectivity index is 2.46. The lowest BCUT2D eigenvalue weighted by atomic mass is 9.96. The van der Waals surface area contributed by atoms with Gasteiger partial charge < -0.3 is 15.3 Å². The van der Waals surface area contributed by atoms with Crippen molar-refractivity contribution in [2.24, 2.45) is 0 Å². The molecule has 0 bridgehead atoms. The lowest BCUT2D eigenvalue weighted by Crippen LogP contribution is -2.07. The zero-order valence-electron chi connectivity index (χ0n) is 10.4. The zero-order chi connectivity index (χ0) is 14.0. The average molecular weight is 258 g/mol. The molecule has 3 N–H and O–H groups in total. The summed E-state index contributed by atoms with van der Waals surface area (Å²) in [5.41, 5.74) is 1.50. The number of carbonyl (C=O) groups is 1. The summed E-state index contributed by atoms with van der Waals surface area (Å²) in [5, 5.41) is 28.7. The number of carboxylic acids is 1. The highest BCUT2D eigenvalue weighted by Crippen LogP contribution is 2.36. The number of phenolic OH excluding ortho intramolecular Hbond substituents is 2. The van der Waals surface area contributed by atoms with Crippen LogP contribution in [0.2, 0.25) is 0 Å². The first-order valence-electron chi connectivity index (χ1n) is 5.85. The van der Waals surface area contributed by atoms with Gasteiger partial charge in [-0.15, -0.1) is 0 Å². The maximum Gasteiger partial charge on any atom is 0.310 e. The van der Waals surface area contributed by atoms with Crippen LogP contribution in [-0.2, 0) is 4.79 Å². The van der Waals surface area contributed by atoms with Gasteiger partial charge in [-0.05, 0) is 24.6 Å². The molecule has 4 heteroatoms. The number of aromatic hydroxyl groups is 2. The highest BCUT2D eigenvalue weighted by molar-refractivity contribution is 5.79. The Morgan fingerprint density at radius 3 is 2.21 bits per heavy atom. The lowest BCUT2D eigenvalue weighted by Gasteiger charge is -2.11. The monoisotopic (exact) mass is 258 g/mol. The van der Waals surface area contributed by atoms with E-state index in [1.165, 1.54) is 12.1 Å². The predicted octanol–water partition coefficient (Wildman–Crippen LogP) is 2.95. The van der Waals surface area contributed by atoms with E-state index in [0.29, 0.717) is 16.7 Å². The molecule has 0 aromatic heterocycles. The second-order valence-corrected chi connectivity index (χ2v) is 4.35. The van der Waals surface area contributed by atoms with E-state index in [-0.39, 0.29) is 11.5 Å². The summed E-state index contributed by atoms with van der Waals surface area (Å²) in [6.45, 7) is 1.55. The number of phenols is 2. The van der Waals surface area contributed by atoms with Gasteiger partial charge in [0, 0.05) is 11.1 Å². The molecule has 1 unspecified atom stereocenters. The predicted molar refractivity (Wildman–Crippen MR) is 71.3 cm³/mol. The van der Waals surface area contributed by atoms with Gasteiger partial charge in [-0.3, -0.25) is 4.79 Å². The first-order valence-corrected chi connectivity index (χ1v) is 5.85. The summed E-state index contributed by atoms with van der Waals surface area (Å²) in [6.07, 6.45) is 0. The van der Waals surface area contributed by atoms with Gasteiger partial charge in [0.1, 0.15) is 11.5 Å². The van der Waals surface area contributed by atoms with E-state index in [9.17, 15) is 15.0 Å². The maximum atomic E-state index is 10.9. The van der Waals surface area contributed by atoms with E-state index < -0.39 is 11.9 Å². The molecule has 0 radical (unpaired) electrons. The second kappa shape index (κ2) is 5.02. The summed E-state index contributed by atoms with van der Waals surface area (Å²) in [6, 6.07) is 11.3. The number of hydrogen-bond donors (Lipinski definition) is 3. The van der Waals surface area contributed by atoms with E-state index in [1.807, 2.05) is 0 Å². The molecule has 0 spiro atoms. The van der Waals surface area contributed by atoms with E-state index >= 15 is 0 Å². The molecule has 1 atom stereocenters. The van der Waals surface area contributed by atoms with Gasteiger partial charge in [0.15, 0.2) is 0 Å². The third kappa shape index (κ3) is 2.52. The fraction of sp³-hybridized carbons (Fsp3) is 0.133. The van der Waals surface area contributed by atoms with Crippen molar-refractivity contribution in [2.45, 2.75) is 12.8 Å². The van der Waals surface area contributed by atoms with Crippen LogP contribution in [0.1, 0.15) is 18.4 Å². The minimum Gasteiger partial charge on any atom is -0.507 e. The highest BCUT2D eigenvalue weighted by atomic mass is 16.4. The van der Waals surface area contributed by atoms with Crippen molar-refractivity contribution in [2.75, 3.05) is 0 Å². The number of para-hydroxylation sites is 1. The Labute approximate surface area is 110 Å². The fourth-order valence-electron chi connectivity index (χ4n) is 1.89. The van der Waals surface area contributed by atoms with Crippen molar-refractivity contribution in [1.82, 2.24) is 0 Å². The Bertz CT molecular complexity index is 619. The Hall–Kier alpha value is -2.49. The van der Waals surface area contributed by atoms with Crippen LogP contribution in [0.3, 0.4) is 0 Å². The number of carboxylic acid groups (broad SMARTS) is 1. The SMILES string of the molecule is CC(C(=O)O)c1ccc(-c2ccccc2O)c(O)c1. The van der Waals surface area contributed by atoms with Gasteiger partial charge in [0.25, 0.3) is 0 Å². The van der Waals surface area contributed by atoms with Crippen LogP contribution in [0.4, 0.5) is 0 Å². The molecule has 0 saturated carbocycles. The van der Waals surface area contributed by atoms with Gasteiger partial charge in [0.2, 0.25) is 0 Å². The molecule has 0 fully saturated rings. The molecule has 0 aliphatic carbocycles. The van der Waals surface area contributed by atoms with E-state index in [2.05, 4.69) is 0 Å². The minimum absolute atomic E-state index is 0.0490. The second-order valence-electron chi connectivity index (χ2n) is 4.35. The van der Waals surface area contributed by atoms with Crippen LogP contribution in [0.15, 0.2) is 42.5 Å². The third-order valence-electron chi connectivity index (χ3n) is 3.09. The van der Waals surface area contributed by atoms with Crippen LogP contribution in [0.5, 0.6) is 11.5 Å². The van der Waals surface area contributed by atoms with Gasteiger partial charge in [-0.1, -0.05) is 30.3 Å². The number of aliphatic carboxylic acids is 1. The molecule has 98 valence electrons. The summed E-state index contributed by atoms with van der Waals surface area (Å²) in [5.74, 6) is -1.62. The van der Waals surface area contributed by atoms with Crippen molar-refractivity contribution in [3.63, 3.8) is 0 Å². The molecule has 0 aliphatic heterocycles. The van der Waals surface area contributed by atoms with Crippen molar-refractivity contribution < 1.29 is 20.1 Å². The first kappa shape index (κ1) is 13.0. The number of hydrogen-bond acceptors (Lipinski definition) is 3. The van der Waals surface area contributed by atoms with Crippen LogP contribution >= 0.6 is 0 Å². The van der Waals surface area contributed by atoms with Crippen molar-refractivity contribution in [3.05, 3.63) is 48.0 Å². The van der Waals surface area contributed by atoms with Gasteiger partial charge in [-0.25, -0.2) is 0 Å². The molecule has 0 heterocycles. The van der Waals surface area contributed by atoms with Gasteiger partial charge in [-0.2, -0.15) is 0 Å². The number of rotatable bonds is 3. The average Bonchev–Trinajstić information content (AvgIpc) is 2.38. The molecule has 2 rings (SSSR count). The van der Waals surface area contributed by atoms with Crippen LogP contribution in [0.25, 0.3) is 11.1 Å². The van der Waals surface area contributed by atoms with Gasteiger partial charge >= 0.3 is 5.97 Å². The molecular weight excluding hydrogens is 244 g/mol. The van der Waals surface area contributed by atoms with E-state index in [1.54, 1.807) is 37.3 Å². The molecule has 2 aromatic carbocycles. The molecule has 2 aromatic rings. The molecule has 0 aliphatic rings. The van der Waals surface area contributed by atoms with Crippen molar-refractivity contribution in [3.8, 4) is 22.6 Å². The molecule has 4 nitrogen and oxygen atoms in total. The van der Waals surface area contributed by atoms with Crippen molar-refractivity contribution >= 4 is 5.97 Å². The van der Waals surface area contributed by atoms with Crippen LogP contribution in [-0.4, -0.2) is 21.3 Å². The molecule has 19 heavy (non-hydrogen) atoms. The normalized spacial score (nSPS) is 12.1. The molecule has 0 saturated heterocycles. The lowest BCUT2D eigenvalue weighted by molar-refractivity contribution is -0.138. The molecular formula is C15H14O4. The van der Waals surface area contributed by atoms with Gasteiger partial charge in [0.05, 0.1) is 5.92 Å².